The average Bonchev–Trinajstić information content (AvgIpc) is 2.34. The van der Waals surface area contributed by atoms with Gasteiger partial charge < -0.3 is 14.7 Å². The van der Waals surface area contributed by atoms with E-state index in [-0.39, 0.29) is 18.6 Å². The van der Waals surface area contributed by atoms with Crippen LogP contribution >= 0.6 is 0 Å². The number of aromatic nitrogens is 1. The maximum absolute atomic E-state index is 12.1. The standard InChI is InChI=1S/C13H20N2O3/c1-4-15(5-6-16)13(17)11-7-12(9-14-8-11)18-10(2)3/h7-10,16H,4-6H2,1-3H3. The van der Waals surface area contributed by atoms with Crippen LogP contribution in [0, 0.1) is 0 Å². The number of nitrogens with zero attached hydrogens (tertiary/aromatic N) is 2. The van der Waals surface area contributed by atoms with Crippen molar-refractivity contribution in [2.45, 2.75) is 26.9 Å². The van der Waals surface area contributed by atoms with Crippen LogP contribution in [0.25, 0.3) is 0 Å². The first kappa shape index (κ1) is 14.4. The first-order chi connectivity index (χ1) is 8.58. The molecule has 1 aromatic heterocycles. The normalized spacial score (nSPS) is 10.5. The van der Waals surface area contributed by atoms with E-state index in [9.17, 15) is 4.79 Å². The van der Waals surface area contributed by atoms with Gasteiger partial charge in [-0.25, -0.2) is 0 Å². The molecule has 0 unspecified atom stereocenters. The Kier molecular flexibility index (Phi) is 5.58. The molecule has 0 aliphatic rings. The largest absolute Gasteiger partial charge is 0.489 e. The van der Waals surface area contributed by atoms with E-state index in [0.717, 1.165) is 0 Å². The second-order valence-corrected chi connectivity index (χ2v) is 4.18. The van der Waals surface area contributed by atoms with Crippen LogP contribution in [0.4, 0.5) is 0 Å². The molecule has 100 valence electrons. The van der Waals surface area contributed by atoms with Gasteiger partial charge in [0.1, 0.15) is 5.75 Å². The molecule has 0 spiro atoms. The van der Waals surface area contributed by atoms with Crippen molar-refractivity contribution in [1.29, 1.82) is 0 Å². The summed E-state index contributed by atoms with van der Waals surface area (Å²) in [6.07, 6.45) is 3.13. The average molecular weight is 252 g/mol. The van der Waals surface area contributed by atoms with E-state index in [4.69, 9.17) is 9.84 Å². The van der Waals surface area contributed by atoms with Crippen molar-refractivity contribution in [3.8, 4) is 5.75 Å². The number of hydrogen-bond acceptors (Lipinski definition) is 4. The Balaban J connectivity index is 2.84. The number of ether oxygens (including phenoxy) is 1. The first-order valence-electron chi connectivity index (χ1n) is 6.10. The molecule has 0 saturated heterocycles. The summed E-state index contributed by atoms with van der Waals surface area (Å²) in [5.74, 6) is 0.434. The molecule has 0 saturated carbocycles. The minimum absolute atomic E-state index is 0.0388. The smallest absolute Gasteiger partial charge is 0.255 e. The molecular weight excluding hydrogens is 232 g/mol. The van der Waals surface area contributed by atoms with Gasteiger partial charge in [-0.1, -0.05) is 0 Å². The lowest BCUT2D eigenvalue weighted by atomic mass is 10.2. The fourth-order valence-corrected chi connectivity index (χ4v) is 1.58. The third kappa shape index (κ3) is 4.00. The van der Waals surface area contributed by atoms with Crippen LogP contribution in [0.3, 0.4) is 0 Å². The van der Waals surface area contributed by atoms with E-state index in [1.54, 1.807) is 17.2 Å². The predicted octanol–water partition coefficient (Wildman–Crippen LogP) is 1.32. The molecule has 1 N–H and O–H groups in total. The third-order valence-corrected chi connectivity index (χ3v) is 2.37. The molecule has 0 atom stereocenters. The molecule has 1 heterocycles. The van der Waals surface area contributed by atoms with Crippen molar-refractivity contribution in [1.82, 2.24) is 9.88 Å². The highest BCUT2D eigenvalue weighted by Gasteiger charge is 2.14. The quantitative estimate of drug-likeness (QED) is 0.829. The minimum Gasteiger partial charge on any atom is -0.489 e. The summed E-state index contributed by atoms with van der Waals surface area (Å²) >= 11 is 0. The van der Waals surface area contributed by atoms with Gasteiger partial charge in [0.25, 0.3) is 5.91 Å². The van der Waals surface area contributed by atoms with E-state index in [0.29, 0.717) is 24.4 Å². The number of carbonyl (C=O) groups excluding carboxylic acids is 1. The van der Waals surface area contributed by atoms with Crippen LogP contribution < -0.4 is 4.74 Å². The lowest BCUT2D eigenvalue weighted by molar-refractivity contribution is 0.0731. The molecule has 1 aromatic rings. The zero-order valence-corrected chi connectivity index (χ0v) is 11.1. The Morgan fingerprint density at radius 3 is 2.78 bits per heavy atom. The summed E-state index contributed by atoms with van der Waals surface area (Å²) < 4.78 is 5.50. The summed E-state index contributed by atoms with van der Waals surface area (Å²) in [6, 6.07) is 1.68. The van der Waals surface area contributed by atoms with Crippen LogP contribution in [0.15, 0.2) is 18.5 Å². The van der Waals surface area contributed by atoms with Crippen LogP contribution in [-0.4, -0.2) is 46.7 Å². The molecule has 5 nitrogen and oxygen atoms in total. The minimum atomic E-state index is -0.145. The van der Waals surface area contributed by atoms with Gasteiger partial charge in [0.2, 0.25) is 0 Å². The number of carbonyl (C=O) groups is 1. The van der Waals surface area contributed by atoms with Crippen LogP contribution in [-0.2, 0) is 0 Å². The van der Waals surface area contributed by atoms with Gasteiger partial charge in [0.15, 0.2) is 0 Å². The highest BCUT2D eigenvalue weighted by atomic mass is 16.5. The number of likely N-dealkylation sites (N-methyl/N-ethyl adjacent to an activating group) is 1. The van der Waals surface area contributed by atoms with Gasteiger partial charge in [-0.05, 0) is 26.8 Å². The highest BCUT2D eigenvalue weighted by molar-refractivity contribution is 5.94. The Labute approximate surface area is 107 Å². The van der Waals surface area contributed by atoms with Gasteiger partial charge in [0.05, 0.1) is 24.5 Å². The third-order valence-electron chi connectivity index (χ3n) is 2.37. The summed E-state index contributed by atoms with van der Waals surface area (Å²) in [6.45, 7) is 6.53. The maximum atomic E-state index is 12.1. The number of amides is 1. The molecule has 0 aliphatic heterocycles. The molecule has 0 fully saturated rings. The van der Waals surface area contributed by atoms with Crippen molar-refractivity contribution in [3.63, 3.8) is 0 Å². The summed E-state index contributed by atoms with van der Waals surface area (Å²) in [4.78, 5) is 17.7. The zero-order chi connectivity index (χ0) is 13.5. The predicted molar refractivity (Wildman–Crippen MR) is 68.7 cm³/mol. The van der Waals surface area contributed by atoms with E-state index in [1.807, 2.05) is 20.8 Å². The van der Waals surface area contributed by atoms with Gasteiger partial charge in [0, 0.05) is 19.3 Å². The molecular formula is C13H20N2O3. The molecule has 18 heavy (non-hydrogen) atoms. The fourth-order valence-electron chi connectivity index (χ4n) is 1.58. The summed E-state index contributed by atoms with van der Waals surface area (Å²) in [5, 5.41) is 8.90. The number of aliphatic hydroxyl groups is 1. The number of hydrogen-bond donors (Lipinski definition) is 1. The molecule has 5 heteroatoms. The second kappa shape index (κ2) is 6.96. The molecule has 0 aromatic carbocycles. The Morgan fingerprint density at radius 1 is 1.50 bits per heavy atom. The van der Waals surface area contributed by atoms with Crippen molar-refractivity contribution >= 4 is 5.91 Å². The SMILES string of the molecule is CCN(CCO)C(=O)c1cncc(OC(C)C)c1. The van der Waals surface area contributed by atoms with Crippen LogP contribution in [0.2, 0.25) is 0 Å². The number of aliphatic hydroxyl groups excluding tert-OH is 1. The number of rotatable bonds is 6. The van der Waals surface area contributed by atoms with Crippen molar-refractivity contribution < 1.29 is 14.6 Å². The van der Waals surface area contributed by atoms with E-state index >= 15 is 0 Å². The molecule has 1 rings (SSSR count). The van der Waals surface area contributed by atoms with Crippen molar-refractivity contribution in [2.24, 2.45) is 0 Å². The Hall–Kier alpha value is -1.62. The second-order valence-electron chi connectivity index (χ2n) is 4.18. The Bertz CT molecular complexity index is 394. The monoisotopic (exact) mass is 252 g/mol. The summed E-state index contributed by atoms with van der Waals surface area (Å²) in [5.41, 5.74) is 0.475. The van der Waals surface area contributed by atoms with Gasteiger partial charge in [-0.15, -0.1) is 0 Å². The summed E-state index contributed by atoms with van der Waals surface area (Å²) in [7, 11) is 0. The highest BCUT2D eigenvalue weighted by Crippen LogP contribution is 2.14. The fraction of sp³-hybridized carbons (Fsp3) is 0.538. The van der Waals surface area contributed by atoms with Gasteiger partial charge in [-0.2, -0.15) is 0 Å². The number of pyridine rings is 1. The van der Waals surface area contributed by atoms with Crippen LogP contribution in [0.1, 0.15) is 31.1 Å². The lowest BCUT2D eigenvalue weighted by Crippen LogP contribution is -2.33. The molecule has 0 radical (unpaired) electrons. The molecule has 1 amide bonds. The topological polar surface area (TPSA) is 62.7 Å². The zero-order valence-electron chi connectivity index (χ0n) is 11.1. The maximum Gasteiger partial charge on any atom is 0.255 e. The van der Waals surface area contributed by atoms with E-state index in [1.165, 1.54) is 6.20 Å². The first-order valence-corrected chi connectivity index (χ1v) is 6.10. The Morgan fingerprint density at radius 2 is 2.22 bits per heavy atom. The van der Waals surface area contributed by atoms with Crippen molar-refractivity contribution in [3.05, 3.63) is 24.0 Å². The van der Waals surface area contributed by atoms with Gasteiger partial charge >= 0.3 is 0 Å². The molecule has 0 bridgehead atoms. The van der Waals surface area contributed by atoms with Gasteiger partial charge in [-0.3, -0.25) is 9.78 Å². The van der Waals surface area contributed by atoms with Crippen LogP contribution in [0.5, 0.6) is 5.75 Å². The molecule has 0 aliphatic carbocycles. The lowest BCUT2D eigenvalue weighted by Gasteiger charge is -2.19. The van der Waals surface area contributed by atoms with E-state index in [2.05, 4.69) is 4.98 Å². The van der Waals surface area contributed by atoms with Crippen molar-refractivity contribution in [2.75, 3.05) is 19.7 Å². The van der Waals surface area contributed by atoms with E-state index < -0.39 is 0 Å².